The number of fused-ring (bicyclic) bond motifs is 2. The van der Waals surface area contributed by atoms with Crippen LogP contribution in [0.25, 0.3) is 11.0 Å². The first-order chi connectivity index (χ1) is 12.0. The second-order valence-electron chi connectivity index (χ2n) is 8.15. The van der Waals surface area contributed by atoms with Crippen LogP contribution in [-0.2, 0) is 7.05 Å². The van der Waals surface area contributed by atoms with Crippen LogP contribution < -0.4 is 5.73 Å². The SMILES string of the molecule is Cc1nn(C)c2nc(C3CC3)cc(C(=O)N3CC4CCC(N)C4C3)c12.Cl. The summed E-state index contributed by atoms with van der Waals surface area (Å²) in [5.74, 6) is 1.69. The Morgan fingerprint density at radius 2 is 2.00 bits per heavy atom. The first kappa shape index (κ1) is 17.7. The Balaban J connectivity index is 0.00000168. The Kier molecular flexibility index (Phi) is 4.23. The van der Waals surface area contributed by atoms with E-state index in [0.717, 1.165) is 53.9 Å². The van der Waals surface area contributed by atoms with Gasteiger partial charge in [-0.15, -0.1) is 12.4 Å². The van der Waals surface area contributed by atoms with Gasteiger partial charge in [-0.3, -0.25) is 9.48 Å². The maximum atomic E-state index is 13.4. The largest absolute Gasteiger partial charge is 0.338 e. The fourth-order valence-corrected chi connectivity index (χ4v) is 4.86. The molecule has 3 unspecified atom stereocenters. The highest BCUT2D eigenvalue weighted by atomic mass is 35.5. The van der Waals surface area contributed by atoms with Gasteiger partial charge in [-0.05, 0) is 50.5 Å². The standard InChI is InChI=1S/C19H25N5O.ClH/c1-10-17-13(7-16(11-3-4-11)21-18(17)23(2)22-10)19(25)24-8-12-5-6-15(20)14(12)9-24;/h7,11-12,14-15H,3-6,8-9,20H2,1-2H3;1H. The normalized spacial score (nSPS) is 27.7. The number of halogens is 1. The van der Waals surface area contributed by atoms with Crippen LogP contribution >= 0.6 is 12.4 Å². The van der Waals surface area contributed by atoms with Crippen LogP contribution in [0.4, 0.5) is 0 Å². The van der Waals surface area contributed by atoms with Gasteiger partial charge in [-0.2, -0.15) is 5.10 Å². The van der Waals surface area contributed by atoms with Crippen LogP contribution in [0, 0.1) is 18.8 Å². The molecular weight excluding hydrogens is 350 g/mol. The molecule has 0 radical (unpaired) electrons. The van der Waals surface area contributed by atoms with Gasteiger partial charge < -0.3 is 10.6 Å². The molecule has 0 bridgehead atoms. The van der Waals surface area contributed by atoms with Crippen LogP contribution in [0.5, 0.6) is 0 Å². The van der Waals surface area contributed by atoms with Gasteiger partial charge in [0.1, 0.15) is 0 Å². The molecule has 0 spiro atoms. The van der Waals surface area contributed by atoms with E-state index in [1.165, 1.54) is 12.8 Å². The molecule has 140 valence electrons. The lowest BCUT2D eigenvalue weighted by molar-refractivity contribution is 0.0781. The molecule has 2 saturated carbocycles. The highest BCUT2D eigenvalue weighted by Gasteiger charge is 2.43. The molecule has 2 N–H and O–H groups in total. The predicted molar refractivity (Wildman–Crippen MR) is 103 cm³/mol. The number of nitrogens with two attached hydrogens (primary N) is 1. The Morgan fingerprint density at radius 3 is 2.69 bits per heavy atom. The molecule has 1 amide bonds. The molecular formula is C19H26ClN5O. The quantitative estimate of drug-likeness (QED) is 0.874. The first-order valence-corrected chi connectivity index (χ1v) is 9.42. The highest BCUT2D eigenvalue weighted by molar-refractivity contribution is 6.06. The minimum atomic E-state index is 0. The Hall–Kier alpha value is -1.66. The summed E-state index contributed by atoms with van der Waals surface area (Å²) in [6.45, 7) is 3.61. The van der Waals surface area contributed by atoms with Gasteiger partial charge in [0.15, 0.2) is 5.65 Å². The molecule has 3 fully saturated rings. The zero-order valence-corrected chi connectivity index (χ0v) is 16.1. The third-order valence-electron chi connectivity index (χ3n) is 6.41. The van der Waals surface area contributed by atoms with Crippen molar-refractivity contribution in [3.63, 3.8) is 0 Å². The summed E-state index contributed by atoms with van der Waals surface area (Å²) in [6, 6.07) is 2.29. The van der Waals surface area contributed by atoms with E-state index in [-0.39, 0.29) is 24.4 Å². The molecule has 26 heavy (non-hydrogen) atoms. The zero-order chi connectivity index (χ0) is 17.3. The molecule has 2 aliphatic carbocycles. The van der Waals surface area contributed by atoms with Crippen molar-refractivity contribution in [3.05, 3.63) is 23.0 Å². The lowest BCUT2D eigenvalue weighted by Crippen LogP contribution is -2.33. The van der Waals surface area contributed by atoms with Gasteiger partial charge in [0.25, 0.3) is 5.91 Å². The molecule has 0 aromatic carbocycles. The molecule has 6 nitrogen and oxygen atoms in total. The van der Waals surface area contributed by atoms with E-state index < -0.39 is 0 Å². The molecule has 1 aliphatic heterocycles. The van der Waals surface area contributed by atoms with Crippen molar-refractivity contribution >= 4 is 29.3 Å². The van der Waals surface area contributed by atoms with Gasteiger partial charge >= 0.3 is 0 Å². The van der Waals surface area contributed by atoms with Crippen molar-refractivity contribution in [2.45, 2.75) is 44.6 Å². The van der Waals surface area contributed by atoms with E-state index in [9.17, 15) is 4.79 Å². The van der Waals surface area contributed by atoms with E-state index in [0.29, 0.717) is 17.8 Å². The maximum Gasteiger partial charge on any atom is 0.254 e. The zero-order valence-electron chi connectivity index (χ0n) is 15.3. The summed E-state index contributed by atoms with van der Waals surface area (Å²) in [7, 11) is 1.91. The van der Waals surface area contributed by atoms with Gasteiger partial charge in [-0.1, -0.05) is 0 Å². The third-order valence-corrected chi connectivity index (χ3v) is 6.41. The number of pyridine rings is 1. The number of hydrogen-bond acceptors (Lipinski definition) is 4. The average molecular weight is 376 g/mol. The van der Waals surface area contributed by atoms with Crippen molar-refractivity contribution in [3.8, 4) is 0 Å². The lowest BCUT2D eigenvalue weighted by atomic mass is 9.98. The molecule has 7 heteroatoms. The number of nitrogens with zero attached hydrogens (tertiary/aromatic N) is 4. The maximum absolute atomic E-state index is 13.4. The number of carbonyl (C=O) groups excluding carboxylic acids is 1. The van der Waals surface area contributed by atoms with Gasteiger partial charge in [-0.25, -0.2) is 4.98 Å². The van der Waals surface area contributed by atoms with Gasteiger partial charge in [0, 0.05) is 37.8 Å². The van der Waals surface area contributed by atoms with Crippen molar-refractivity contribution < 1.29 is 4.79 Å². The minimum Gasteiger partial charge on any atom is -0.338 e. The van der Waals surface area contributed by atoms with E-state index in [2.05, 4.69) is 5.10 Å². The number of likely N-dealkylation sites (tertiary alicyclic amines) is 1. The number of amides is 1. The van der Waals surface area contributed by atoms with E-state index in [1.54, 1.807) is 0 Å². The summed E-state index contributed by atoms with van der Waals surface area (Å²) in [4.78, 5) is 20.2. The number of rotatable bonds is 2. The summed E-state index contributed by atoms with van der Waals surface area (Å²) in [5, 5.41) is 5.43. The van der Waals surface area contributed by atoms with Gasteiger partial charge in [0.2, 0.25) is 0 Å². The van der Waals surface area contributed by atoms with Crippen molar-refractivity contribution in [2.75, 3.05) is 13.1 Å². The van der Waals surface area contributed by atoms with Crippen LogP contribution in [0.3, 0.4) is 0 Å². The van der Waals surface area contributed by atoms with E-state index >= 15 is 0 Å². The monoisotopic (exact) mass is 375 g/mol. The lowest BCUT2D eigenvalue weighted by Gasteiger charge is -2.20. The van der Waals surface area contributed by atoms with Crippen molar-refractivity contribution in [1.29, 1.82) is 0 Å². The number of aryl methyl sites for hydroxylation is 2. The topological polar surface area (TPSA) is 77.0 Å². The number of aromatic nitrogens is 3. The Bertz CT molecular complexity index is 874. The summed E-state index contributed by atoms with van der Waals surface area (Å²) in [6.07, 6.45) is 4.60. The van der Waals surface area contributed by atoms with Crippen molar-refractivity contribution in [1.82, 2.24) is 19.7 Å². The molecule has 3 aliphatic rings. The fraction of sp³-hybridized carbons (Fsp3) is 0.632. The first-order valence-electron chi connectivity index (χ1n) is 9.42. The Labute approximate surface area is 159 Å². The van der Waals surface area contributed by atoms with Crippen molar-refractivity contribution in [2.24, 2.45) is 24.6 Å². The average Bonchev–Trinajstić information content (AvgIpc) is 3.18. The number of carbonyl (C=O) groups is 1. The second kappa shape index (κ2) is 6.20. The molecule has 1 saturated heterocycles. The molecule has 3 atom stereocenters. The predicted octanol–water partition coefficient (Wildman–Crippen LogP) is 2.39. The fourth-order valence-electron chi connectivity index (χ4n) is 4.86. The number of hydrogen-bond donors (Lipinski definition) is 1. The minimum absolute atomic E-state index is 0. The van der Waals surface area contributed by atoms with E-state index in [1.807, 2.05) is 29.6 Å². The Morgan fingerprint density at radius 1 is 1.23 bits per heavy atom. The molecule has 2 aromatic rings. The van der Waals surface area contributed by atoms with E-state index in [4.69, 9.17) is 10.7 Å². The smallest absolute Gasteiger partial charge is 0.254 e. The van der Waals surface area contributed by atoms with Crippen LogP contribution in [-0.4, -0.2) is 44.7 Å². The summed E-state index contributed by atoms with van der Waals surface area (Å²) >= 11 is 0. The molecule has 2 aromatic heterocycles. The van der Waals surface area contributed by atoms with Crippen LogP contribution in [0.1, 0.15) is 53.3 Å². The third kappa shape index (κ3) is 2.62. The molecule has 3 heterocycles. The van der Waals surface area contributed by atoms with Gasteiger partial charge in [0.05, 0.1) is 16.6 Å². The second-order valence-corrected chi connectivity index (χ2v) is 8.15. The highest BCUT2D eigenvalue weighted by Crippen LogP contribution is 2.41. The van der Waals surface area contributed by atoms with Crippen LogP contribution in [0.15, 0.2) is 6.07 Å². The van der Waals surface area contributed by atoms with Crippen LogP contribution in [0.2, 0.25) is 0 Å². The molecule has 5 rings (SSSR count). The summed E-state index contributed by atoms with van der Waals surface area (Å²) < 4.78 is 1.81. The summed E-state index contributed by atoms with van der Waals surface area (Å²) in [5.41, 5.74) is 9.80.